The summed E-state index contributed by atoms with van der Waals surface area (Å²) in [6.45, 7) is 36.0. The van der Waals surface area contributed by atoms with E-state index >= 15 is 0 Å². The number of carbonyl (C=O) groups excluding carboxylic acids is 1. The van der Waals surface area contributed by atoms with Gasteiger partial charge >= 0.3 is 5.97 Å². The summed E-state index contributed by atoms with van der Waals surface area (Å²) in [5, 5.41) is 0. The Labute approximate surface area is 294 Å². The van der Waals surface area contributed by atoms with E-state index in [1.807, 2.05) is 0 Å². The predicted octanol–water partition coefficient (Wildman–Crippen LogP) is 9.94. The molecule has 0 amide bonds. The quantitative estimate of drug-likeness (QED) is 0.147. The highest BCUT2D eigenvalue weighted by atomic mass is 28.4. The summed E-state index contributed by atoms with van der Waals surface area (Å²) in [6, 6.07) is 0. The van der Waals surface area contributed by atoms with Crippen molar-refractivity contribution in [2.45, 2.75) is 175 Å². The number of methoxy groups -OCH3 is 1. The Bertz CT molecular complexity index is 1090. The van der Waals surface area contributed by atoms with Crippen molar-refractivity contribution in [2.24, 2.45) is 46.3 Å². The zero-order chi connectivity index (χ0) is 35.5. The van der Waals surface area contributed by atoms with Crippen molar-refractivity contribution in [2.75, 3.05) is 7.11 Å². The van der Waals surface area contributed by atoms with E-state index in [9.17, 15) is 4.79 Å². The molecule has 3 unspecified atom stereocenters. The van der Waals surface area contributed by atoms with Gasteiger partial charge in [0.25, 0.3) is 0 Å². The van der Waals surface area contributed by atoms with Crippen LogP contribution in [0.4, 0.5) is 0 Å². The molecule has 0 aromatic rings. The highest BCUT2D eigenvalue weighted by Crippen LogP contribution is 2.70. The third-order valence-corrected chi connectivity index (χ3v) is 16.5. The molecule has 0 aromatic heterocycles. The smallest absolute Gasteiger partial charge is 0.305 e. The minimum atomic E-state index is -1.85. The number of esters is 1. The van der Waals surface area contributed by atoms with E-state index in [2.05, 4.69) is 99.3 Å². The number of carbonyl (C=O) groups is 1. The van der Waals surface area contributed by atoms with E-state index in [0.717, 1.165) is 25.7 Å². The number of rotatable bonds is 12. The molecule has 6 nitrogen and oxygen atoms in total. The highest BCUT2D eigenvalue weighted by Gasteiger charge is 2.68. The Morgan fingerprint density at radius 2 is 1.26 bits per heavy atom. The Kier molecular flexibility index (Phi) is 11.9. The molecule has 0 heterocycles. The summed E-state index contributed by atoms with van der Waals surface area (Å²) in [5.41, 5.74) is 0.220. The molecule has 0 aliphatic heterocycles. The lowest BCUT2D eigenvalue weighted by Gasteiger charge is -2.67. The Hall–Kier alpha value is 0.178. The van der Waals surface area contributed by atoms with Crippen LogP contribution in [0.5, 0.6) is 0 Å². The maximum atomic E-state index is 12.2. The van der Waals surface area contributed by atoms with E-state index in [1.54, 1.807) is 0 Å². The molecule has 12 atom stereocenters. The van der Waals surface area contributed by atoms with E-state index in [1.165, 1.54) is 26.4 Å². The van der Waals surface area contributed by atoms with Crippen LogP contribution in [0.1, 0.15) is 72.1 Å². The topological polar surface area (TPSA) is 63.2 Å². The maximum Gasteiger partial charge on any atom is 0.305 e. The number of hydrogen-bond acceptors (Lipinski definition) is 6. The zero-order valence-electron chi connectivity index (χ0n) is 33.4. The SMILES string of the molecule is COC(=O)CC[C@@H](C)[C@H]1CCC2C3C(C[C@H](O[Si](C)(C)C)[C@@]21C)[C@@]1(C)CC[C@@H](O[Si](C)(C)C)[C@H](O[Si](C)(C)C)[C@@H]1C[C@H]3O[Si](C)(C)C. The molecule has 0 spiro atoms. The van der Waals surface area contributed by atoms with Crippen LogP contribution in [0.3, 0.4) is 0 Å². The summed E-state index contributed by atoms with van der Waals surface area (Å²) in [4.78, 5) is 12.2. The van der Waals surface area contributed by atoms with Crippen LogP contribution in [0.15, 0.2) is 0 Å². The van der Waals surface area contributed by atoms with Crippen molar-refractivity contribution < 1.29 is 27.2 Å². The van der Waals surface area contributed by atoms with Crippen LogP contribution < -0.4 is 0 Å². The van der Waals surface area contributed by atoms with Crippen LogP contribution in [-0.4, -0.2) is 70.8 Å². The number of hydrogen-bond donors (Lipinski definition) is 0. The van der Waals surface area contributed by atoms with Gasteiger partial charge in [-0.2, -0.15) is 0 Å². The molecule has 4 aliphatic carbocycles. The second-order valence-corrected chi connectivity index (χ2v) is 38.3. The summed E-state index contributed by atoms with van der Waals surface area (Å²) in [6.07, 6.45) is 9.07. The lowest BCUT2D eigenvalue weighted by molar-refractivity contribution is -0.219. The fourth-order valence-electron chi connectivity index (χ4n) is 11.1. The molecule has 0 N–H and O–H groups in total. The Morgan fingerprint density at radius 1 is 0.702 bits per heavy atom. The molecule has 4 aliphatic rings. The standard InChI is InChI=1S/C37H74O6Si4/c1-25(17-20-33(38)39-4)26-18-19-27-34-28(24-32(37(26,27)3)42-46(11,12)13)36(2)22-21-30(40-44(5,6)7)35(43-47(14,15)16)29(36)23-31(34)41-45(8,9)10/h25-32,34-35H,17-24H2,1-16H3/t25-,26-,27?,28?,29+,30-,31-,32+,34?,35-,36-,37-/m1/s1. The number of fused-ring (bicyclic) bond motifs is 5. The molecule has 4 fully saturated rings. The fraction of sp³-hybridized carbons (Fsp3) is 0.973. The van der Waals surface area contributed by atoms with Crippen LogP contribution in [0.2, 0.25) is 78.6 Å². The largest absolute Gasteiger partial charge is 0.469 e. The average Bonchev–Trinajstić information content (AvgIpc) is 3.25. The Morgan fingerprint density at radius 3 is 1.79 bits per heavy atom. The van der Waals surface area contributed by atoms with E-state index in [-0.39, 0.29) is 41.2 Å². The van der Waals surface area contributed by atoms with Gasteiger partial charge in [0.1, 0.15) is 0 Å². The first-order valence-corrected chi connectivity index (χ1v) is 32.7. The van der Waals surface area contributed by atoms with Crippen LogP contribution in [0, 0.1) is 46.3 Å². The predicted molar refractivity (Wildman–Crippen MR) is 205 cm³/mol. The van der Waals surface area contributed by atoms with Crippen LogP contribution in [0.25, 0.3) is 0 Å². The van der Waals surface area contributed by atoms with Gasteiger partial charge in [-0.05, 0) is 170 Å². The molecule has 0 aromatic carbocycles. The third-order valence-electron chi connectivity index (χ3n) is 12.5. The lowest BCUT2D eigenvalue weighted by Crippen LogP contribution is -2.67. The Balaban J connectivity index is 1.81. The maximum absolute atomic E-state index is 12.2. The molecule has 0 radical (unpaired) electrons. The summed E-state index contributed by atoms with van der Waals surface area (Å²) < 4.78 is 34.2. The average molecular weight is 727 g/mol. The van der Waals surface area contributed by atoms with Crippen molar-refractivity contribution in [1.29, 1.82) is 0 Å². The molecular formula is C37H74O6Si4. The molecule has 274 valence electrons. The molecule has 4 saturated carbocycles. The van der Waals surface area contributed by atoms with Crippen LogP contribution in [-0.2, 0) is 27.2 Å². The lowest BCUT2D eigenvalue weighted by atomic mass is 9.42. The van der Waals surface area contributed by atoms with Crippen molar-refractivity contribution in [3.63, 3.8) is 0 Å². The first kappa shape index (κ1) is 40.0. The van der Waals surface area contributed by atoms with Gasteiger partial charge < -0.3 is 22.4 Å². The normalized spacial score (nSPS) is 40.3. The molecule has 0 saturated heterocycles. The third kappa shape index (κ3) is 8.98. The minimum Gasteiger partial charge on any atom is -0.469 e. The minimum absolute atomic E-state index is 0.0631. The molecule has 4 rings (SSSR count). The first-order valence-electron chi connectivity index (χ1n) is 19.1. The fourth-order valence-corrected chi connectivity index (χ4v) is 15.7. The monoisotopic (exact) mass is 726 g/mol. The van der Waals surface area contributed by atoms with Crippen molar-refractivity contribution in [3.05, 3.63) is 0 Å². The van der Waals surface area contributed by atoms with E-state index < -0.39 is 33.3 Å². The number of ether oxygens (including phenoxy) is 1. The van der Waals surface area contributed by atoms with Gasteiger partial charge in [-0.3, -0.25) is 4.79 Å². The highest BCUT2D eigenvalue weighted by molar-refractivity contribution is 6.70. The van der Waals surface area contributed by atoms with E-state index in [0.29, 0.717) is 41.9 Å². The summed E-state index contributed by atoms with van der Waals surface area (Å²) in [5.74, 6) is 2.91. The van der Waals surface area contributed by atoms with Crippen molar-refractivity contribution >= 4 is 39.2 Å². The second-order valence-electron chi connectivity index (χ2n) is 20.5. The first-order chi connectivity index (χ1) is 21.3. The second kappa shape index (κ2) is 14.0. The van der Waals surface area contributed by atoms with Gasteiger partial charge in [0.15, 0.2) is 33.3 Å². The molecule has 0 bridgehead atoms. The van der Waals surface area contributed by atoms with Gasteiger partial charge in [-0.1, -0.05) is 20.8 Å². The summed E-state index contributed by atoms with van der Waals surface area (Å²) in [7, 11) is -5.81. The van der Waals surface area contributed by atoms with Gasteiger partial charge in [-0.15, -0.1) is 0 Å². The van der Waals surface area contributed by atoms with Crippen LogP contribution >= 0.6 is 0 Å². The van der Waals surface area contributed by atoms with Gasteiger partial charge in [0.2, 0.25) is 0 Å². The molecule has 47 heavy (non-hydrogen) atoms. The van der Waals surface area contributed by atoms with E-state index in [4.69, 9.17) is 22.4 Å². The summed E-state index contributed by atoms with van der Waals surface area (Å²) >= 11 is 0. The molecular weight excluding hydrogens is 653 g/mol. The van der Waals surface area contributed by atoms with Gasteiger partial charge in [0.05, 0.1) is 25.4 Å². The van der Waals surface area contributed by atoms with Gasteiger partial charge in [0, 0.05) is 12.5 Å². The van der Waals surface area contributed by atoms with Crippen molar-refractivity contribution in [1.82, 2.24) is 0 Å². The van der Waals surface area contributed by atoms with Crippen molar-refractivity contribution in [3.8, 4) is 0 Å². The van der Waals surface area contributed by atoms with Gasteiger partial charge in [-0.25, -0.2) is 0 Å². The zero-order valence-corrected chi connectivity index (χ0v) is 37.4. The molecule has 10 heteroatoms.